The lowest BCUT2D eigenvalue weighted by Crippen LogP contribution is -2.59. The first-order valence-electron chi connectivity index (χ1n) is 10.5. The lowest BCUT2D eigenvalue weighted by Gasteiger charge is -2.46. The van der Waals surface area contributed by atoms with E-state index in [4.69, 9.17) is 0 Å². The van der Waals surface area contributed by atoms with Gasteiger partial charge >= 0.3 is 6.03 Å². The van der Waals surface area contributed by atoms with Crippen LogP contribution in [0.5, 0.6) is 0 Å². The Bertz CT molecular complexity index is 596. The van der Waals surface area contributed by atoms with E-state index in [1.807, 2.05) is 4.90 Å². The number of hydrogen-bond acceptors (Lipinski definition) is 3. The number of carbonyl (C=O) groups is 1. The number of amides is 2. The minimum absolute atomic E-state index is 0.0793. The van der Waals surface area contributed by atoms with Gasteiger partial charge in [0.15, 0.2) is 0 Å². The highest BCUT2D eigenvalue weighted by molar-refractivity contribution is 5.74. The highest BCUT2D eigenvalue weighted by Crippen LogP contribution is 2.28. The highest BCUT2D eigenvalue weighted by Gasteiger charge is 2.37. The van der Waals surface area contributed by atoms with E-state index in [9.17, 15) is 4.79 Å². The Balaban J connectivity index is 1.56. The summed E-state index contributed by atoms with van der Waals surface area (Å²) in [4.78, 5) is 19.7. The minimum Gasteiger partial charge on any atom is -0.336 e. The Hall–Kier alpha value is -1.59. The van der Waals surface area contributed by atoms with E-state index < -0.39 is 0 Å². The van der Waals surface area contributed by atoms with Gasteiger partial charge in [-0.05, 0) is 65.0 Å². The van der Waals surface area contributed by atoms with Crippen LogP contribution >= 0.6 is 0 Å². The molecule has 0 aliphatic carbocycles. The van der Waals surface area contributed by atoms with Crippen molar-refractivity contribution in [1.29, 1.82) is 0 Å². The summed E-state index contributed by atoms with van der Waals surface area (Å²) in [7, 11) is 4.31. The Morgan fingerprint density at radius 2 is 1.89 bits per heavy atom. The number of likely N-dealkylation sites (tertiary alicyclic amines) is 2. The van der Waals surface area contributed by atoms with Crippen molar-refractivity contribution in [3.05, 3.63) is 35.9 Å². The van der Waals surface area contributed by atoms with Crippen LogP contribution in [0.3, 0.4) is 0 Å². The van der Waals surface area contributed by atoms with Crippen LogP contribution in [0.4, 0.5) is 4.79 Å². The fraction of sp³-hybridized carbons (Fsp3) is 0.682. The first-order chi connectivity index (χ1) is 13.0. The van der Waals surface area contributed by atoms with E-state index in [1.165, 1.54) is 12.0 Å². The monoisotopic (exact) mass is 372 g/mol. The van der Waals surface area contributed by atoms with E-state index in [2.05, 4.69) is 66.5 Å². The zero-order valence-corrected chi connectivity index (χ0v) is 17.3. The van der Waals surface area contributed by atoms with Gasteiger partial charge in [-0.2, -0.15) is 0 Å². The van der Waals surface area contributed by atoms with Crippen LogP contribution in [0, 0.1) is 0 Å². The predicted octanol–water partition coefficient (Wildman–Crippen LogP) is 2.99. The summed E-state index contributed by atoms with van der Waals surface area (Å²) in [6, 6.07) is 10.7. The summed E-state index contributed by atoms with van der Waals surface area (Å²) in [6.45, 7) is 8.01. The average molecular weight is 373 g/mol. The largest absolute Gasteiger partial charge is 0.336 e. The van der Waals surface area contributed by atoms with Crippen molar-refractivity contribution >= 4 is 6.03 Å². The van der Waals surface area contributed by atoms with Crippen molar-refractivity contribution in [2.24, 2.45) is 0 Å². The molecule has 27 heavy (non-hydrogen) atoms. The van der Waals surface area contributed by atoms with Crippen molar-refractivity contribution in [1.82, 2.24) is 20.0 Å². The molecule has 150 valence electrons. The van der Waals surface area contributed by atoms with E-state index >= 15 is 0 Å². The number of urea groups is 1. The molecule has 0 radical (unpaired) electrons. The Morgan fingerprint density at radius 1 is 1.19 bits per heavy atom. The molecule has 1 atom stereocenters. The fourth-order valence-electron chi connectivity index (χ4n) is 4.58. The average Bonchev–Trinajstić information content (AvgIpc) is 2.73. The molecule has 2 heterocycles. The second-order valence-corrected chi connectivity index (χ2v) is 8.41. The number of nitrogens with one attached hydrogen (secondary N) is 1. The van der Waals surface area contributed by atoms with Crippen molar-refractivity contribution in [3.8, 4) is 0 Å². The summed E-state index contributed by atoms with van der Waals surface area (Å²) < 4.78 is 0. The maximum absolute atomic E-state index is 12.9. The number of benzene rings is 1. The van der Waals surface area contributed by atoms with Crippen LogP contribution in [0.25, 0.3) is 0 Å². The topological polar surface area (TPSA) is 38.8 Å². The van der Waals surface area contributed by atoms with E-state index in [0.29, 0.717) is 5.92 Å². The van der Waals surface area contributed by atoms with Gasteiger partial charge in [-0.1, -0.05) is 37.3 Å². The molecule has 0 unspecified atom stereocenters. The molecule has 0 saturated carbocycles. The van der Waals surface area contributed by atoms with Gasteiger partial charge in [0.1, 0.15) is 0 Å². The second kappa shape index (κ2) is 9.07. The van der Waals surface area contributed by atoms with Crippen LogP contribution in [0.1, 0.15) is 44.1 Å². The van der Waals surface area contributed by atoms with Crippen molar-refractivity contribution in [3.63, 3.8) is 0 Å². The minimum atomic E-state index is 0.0793. The molecule has 5 nitrogen and oxygen atoms in total. The van der Waals surface area contributed by atoms with Crippen LogP contribution < -0.4 is 5.32 Å². The van der Waals surface area contributed by atoms with Crippen molar-refractivity contribution < 1.29 is 4.79 Å². The number of piperidine rings is 2. The number of likely N-dealkylation sites (N-methyl/N-ethyl adjacent to an activating group) is 1. The summed E-state index contributed by atoms with van der Waals surface area (Å²) in [5.41, 5.74) is 1.43. The third kappa shape index (κ3) is 4.82. The van der Waals surface area contributed by atoms with Gasteiger partial charge in [0, 0.05) is 31.1 Å². The molecule has 2 amide bonds. The normalized spacial score (nSPS) is 23.4. The highest BCUT2D eigenvalue weighted by atomic mass is 16.2. The van der Waals surface area contributed by atoms with E-state index in [0.717, 1.165) is 58.5 Å². The van der Waals surface area contributed by atoms with Gasteiger partial charge < -0.3 is 20.0 Å². The van der Waals surface area contributed by atoms with Gasteiger partial charge in [0.25, 0.3) is 0 Å². The lowest BCUT2D eigenvalue weighted by molar-refractivity contribution is 0.0582. The molecular formula is C22H36N4O. The first-order valence-corrected chi connectivity index (χ1v) is 10.5. The SMILES string of the molecule is CCN1CCC(CNC(=O)N2CCC[C@H](c3ccccc3)C2)(N(C)C)CC1. The van der Waals surface area contributed by atoms with Gasteiger partial charge in [0.05, 0.1) is 0 Å². The fourth-order valence-corrected chi connectivity index (χ4v) is 4.58. The second-order valence-electron chi connectivity index (χ2n) is 8.41. The summed E-state index contributed by atoms with van der Waals surface area (Å²) in [6.07, 6.45) is 4.47. The molecule has 0 aromatic heterocycles. The summed E-state index contributed by atoms with van der Waals surface area (Å²) in [5, 5.41) is 3.28. The van der Waals surface area contributed by atoms with Gasteiger partial charge in [0.2, 0.25) is 0 Å². The van der Waals surface area contributed by atoms with Crippen LogP contribution in [0.15, 0.2) is 30.3 Å². The number of hydrogen-bond donors (Lipinski definition) is 1. The molecule has 1 aromatic carbocycles. The van der Waals surface area contributed by atoms with Gasteiger partial charge in [-0.3, -0.25) is 0 Å². The van der Waals surface area contributed by atoms with Gasteiger partial charge in [-0.15, -0.1) is 0 Å². The van der Waals surface area contributed by atoms with Crippen LogP contribution in [0.2, 0.25) is 0 Å². The number of carbonyl (C=O) groups excluding carboxylic acids is 1. The zero-order chi connectivity index (χ0) is 19.3. The smallest absolute Gasteiger partial charge is 0.317 e. The molecule has 1 aromatic rings. The molecule has 2 saturated heterocycles. The zero-order valence-electron chi connectivity index (χ0n) is 17.3. The van der Waals surface area contributed by atoms with Crippen LogP contribution in [-0.2, 0) is 0 Å². The third-order valence-corrected chi connectivity index (χ3v) is 6.73. The van der Waals surface area contributed by atoms with Crippen molar-refractivity contribution in [2.75, 3.05) is 53.4 Å². The summed E-state index contributed by atoms with van der Waals surface area (Å²) in [5.74, 6) is 0.460. The van der Waals surface area contributed by atoms with Crippen LogP contribution in [-0.4, -0.2) is 79.6 Å². The predicted molar refractivity (Wildman–Crippen MR) is 111 cm³/mol. The van der Waals surface area contributed by atoms with Crippen molar-refractivity contribution in [2.45, 2.75) is 44.1 Å². The Morgan fingerprint density at radius 3 is 2.52 bits per heavy atom. The molecule has 2 aliphatic heterocycles. The Kier molecular flexibility index (Phi) is 6.77. The summed E-state index contributed by atoms with van der Waals surface area (Å²) >= 11 is 0. The van der Waals surface area contributed by atoms with Gasteiger partial charge in [-0.25, -0.2) is 4.79 Å². The quantitative estimate of drug-likeness (QED) is 0.864. The molecule has 0 bridgehead atoms. The molecule has 2 fully saturated rings. The maximum Gasteiger partial charge on any atom is 0.317 e. The molecule has 3 rings (SSSR count). The standard InChI is InChI=1S/C22H36N4O/c1-4-25-15-12-22(13-16-25,24(2)3)18-23-21(27)26-14-8-11-20(17-26)19-9-6-5-7-10-19/h5-7,9-10,20H,4,8,11-18H2,1-3H3,(H,23,27)/t20-/m0/s1. The molecule has 0 spiro atoms. The number of rotatable bonds is 5. The molecule has 1 N–H and O–H groups in total. The maximum atomic E-state index is 12.9. The van der Waals surface area contributed by atoms with E-state index in [1.54, 1.807) is 0 Å². The Labute approximate surface area is 164 Å². The van der Waals surface area contributed by atoms with E-state index in [-0.39, 0.29) is 11.6 Å². The number of nitrogens with zero attached hydrogens (tertiary/aromatic N) is 3. The first kappa shape index (κ1) is 20.2. The lowest BCUT2D eigenvalue weighted by atomic mass is 9.86. The molecular weight excluding hydrogens is 336 g/mol. The molecule has 5 heteroatoms. The molecule has 2 aliphatic rings. The third-order valence-electron chi connectivity index (χ3n) is 6.73.